The molecule has 0 spiro atoms. The molecule has 2 heteroatoms. The first kappa shape index (κ1) is 19.2. The lowest BCUT2D eigenvalue weighted by atomic mass is 9.44. The van der Waals surface area contributed by atoms with Crippen LogP contribution >= 0.6 is 0 Å². The number of nitrogens with two attached hydrogens (primary N) is 1. The zero-order valence-corrected chi connectivity index (χ0v) is 17.6. The number of aliphatic hydroxyl groups excluding tert-OH is 1. The smallest absolute Gasteiger partial charge is 0.0543 e. The van der Waals surface area contributed by atoms with Gasteiger partial charge in [-0.05, 0) is 124 Å². The van der Waals surface area contributed by atoms with Gasteiger partial charge in [-0.2, -0.15) is 0 Å². The van der Waals surface area contributed by atoms with Crippen LogP contribution in [-0.2, 0) is 0 Å². The SMILES string of the molecule is C[C@H](CCCN)[C@H]1CC[C@H]2[C@@H]3CC[C@@H]4C[C@H](O)CC[C@]4(C)[C@H]3CC[C@]12C. The Kier molecular flexibility index (Phi) is 5.23. The van der Waals surface area contributed by atoms with Gasteiger partial charge in [0, 0.05) is 0 Å². The maximum atomic E-state index is 10.2. The Morgan fingerprint density at radius 2 is 1.69 bits per heavy atom. The number of hydrogen-bond donors (Lipinski definition) is 2. The van der Waals surface area contributed by atoms with Gasteiger partial charge in [-0.3, -0.25) is 0 Å². The van der Waals surface area contributed by atoms with E-state index in [1.54, 1.807) is 0 Å². The summed E-state index contributed by atoms with van der Waals surface area (Å²) in [4.78, 5) is 0. The molecule has 0 aromatic heterocycles. The molecule has 26 heavy (non-hydrogen) atoms. The molecule has 0 unspecified atom stereocenters. The van der Waals surface area contributed by atoms with Crippen LogP contribution < -0.4 is 5.73 Å². The highest BCUT2D eigenvalue weighted by atomic mass is 16.3. The van der Waals surface area contributed by atoms with E-state index >= 15 is 0 Å². The average Bonchev–Trinajstić information content (AvgIpc) is 2.97. The minimum absolute atomic E-state index is 0.0160. The first-order valence-electron chi connectivity index (χ1n) is 11.8. The van der Waals surface area contributed by atoms with Gasteiger partial charge in [0.1, 0.15) is 0 Å². The van der Waals surface area contributed by atoms with Crippen molar-refractivity contribution in [2.45, 2.75) is 97.5 Å². The molecular weight excluding hydrogens is 318 g/mol. The second kappa shape index (κ2) is 7.07. The fourth-order valence-corrected chi connectivity index (χ4v) is 8.85. The maximum absolute atomic E-state index is 10.2. The molecule has 0 heterocycles. The van der Waals surface area contributed by atoms with Crippen molar-refractivity contribution in [2.24, 2.45) is 52.1 Å². The molecule has 9 atom stereocenters. The topological polar surface area (TPSA) is 46.2 Å². The molecule has 0 aromatic rings. The number of rotatable bonds is 4. The Bertz CT molecular complexity index is 506. The molecule has 2 nitrogen and oxygen atoms in total. The van der Waals surface area contributed by atoms with Crippen molar-refractivity contribution in [1.29, 1.82) is 0 Å². The van der Waals surface area contributed by atoms with Crippen molar-refractivity contribution in [1.82, 2.24) is 0 Å². The molecule has 4 rings (SSSR count). The first-order chi connectivity index (χ1) is 12.4. The second-order valence-electron chi connectivity index (χ2n) is 11.2. The molecule has 150 valence electrons. The van der Waals surface area contributed by atoms with Gasteiger partial charge in [0.15, 0.2) is 0 Å². The summed E-state index contributed by atoms with van der Waals surface area (Å²) in [5, 5.41) is 10.2. The van der Waals surface area contributed by atoms with E-state index in [0.29, 0.717) is 10.8 Å². The van der Waals surface area contributed by atoms with E-state index in [9.17, 15) is 5.11 Å². The van der Waals surface area contributed by atoms with Crippen LogP contribution in [0.1, 0.15) is 91.4 Å². The highest BCUT2D eigenvalue weighted by Crippen LogP contribution is 2.68. The van der Waals surface area contributed by atoms with Crippen molar-refractivity contribution >= 4 is 0 Å². The lowest BCUT2D eigenvalue weighted by Crippen LogP contribution is -2.54. The maximum Gasteiger partial charge on any atom is 0.0543 e. The number of hydrogen-bond acceptors (Lipinski definition) is 2. The Balaban J connectivity index is 1.52. The fraction of sp³-hybridized carbons (Fsp3) is 1.00. The van der Waals surface area contributed by atoms with Gasteiger partial charge in [-0.15, -0.1) is 0 Å². The van der Waals surface area contributed by atoms with Gasteiger partial charge in [-0.1, -0.05) is 20.8 Å². The van der Waals surface area contributed by atoms with Gasteiger partial charge in [-0.25, -0.2) is 0 Å². The first-order valence-corrected chi connectivity index (χ1v) is 11.8. The Hall–Kier alpha value is -0.0800. The van der Waals surface area contributed by atoms with Crippen molar-refractivity contribution < 1.29 is 5.11 Å². The van der Waals surface area contributed by atoms with Crippen LogP contribution in [0.5, 0.6) is 0 Å². The predicted octanol–water partition coefficient (Wildman–Crippen LogP) is 5.38. The molecule has 3 N–H and O–H groups in total. The molecule has 0 aliphatic heterocycles. The van der Waals surface area contributed by atoms with Gasteiger partial charge in [0.2, 0.25) is 0 Å². The zero-order valence-electron chi connectivity index (χ0n) is 17.6. The molecular formula is C24H43NO. The van der Waals surface area contributed by atoms with Gasteiger partial charge < -0.3 is 10.8 Å². The van der Waals surface area contributed by atoms with E-state index < -0.39 is 0 Å². The summed E-state index contributed by atoms with van der Waals surface area (Å²) in [6.45, 7) is 8.65. The minimum Gasteiger partial charge on any atom is -0.393 e. The highest BCUT2D eigenvalue weighted by molar-refractivity contribution is 5.09. The minimum atomic E-state index is -0.0160. The Morgan fingerprint density at radius 3 is 2.46 bits per heavy atom. The monoisotopic (exact) mass is 361 g/mol. The van der Waals surface area contributed by atoms with Crippen LogP contribution in [-0.4, -0.2) is 17.8 Å². The molecule has 4 fully saturated rings. The number of aliphatic hydroxyl groups is 1. The quantitative estimate of drug-likeness (QED) is 0.706. The van der Waals surface area contributed by atoms with Gasteiger partial charge in [0.25, 0.3) is 0 Å². The summed E-state index contributed by atoms with van der Waals surface area (Å²) in [7, 11) is 0. The van der Waals surface area contributed by atoms with Crippen LogP contribution in [0.4, 0.5) is 0 Å². The molecule has 4 saturated carbocycles. The summed E-state index contributed by atoms with van der Waals surface area (Å²) in [6.07, 6.45) is 14.6. The standard InChI is InChI=1S/C24H43NO/c1-16(5-4-14-25)20-8-9-21-19-7-6-17-15-18(26)10-12-23(17,2)22(19)11-13-24(20,21)3/h16-22,26H,4-15,25H2,1-3H3/t16-,17-,18-,19+,20-,21+,22+,23+,24-/m1/s1. The summed E-state index contributed by atoms with van der Waals surface area (Å²) < 4.78 is 0. The number of fused-ring (bicyclic) bond motifs is 5. The molecule has 0 aromatic carbocycles. The fourth-order valence-electron chi connectivity index (χ4n) is 8.85. The third-order valence-electron chi connectivity index (χ3n) is 10.3. The largest absolute Gasteiger partial charge is 0.393 e. The van der Waals surface area contributed by atoms with Gasteiger partial charge >= 0.3 is 0 Å². The summed E-state index contributed by atoms with van der Waals surface area (Å²) in [5.74, 6) is 5.44. The van der Waals surface area contributed by atoms with E-state index in [0.717, 1.165) is 54.9 Å². The van der Waals surface area contributed by atoms with Crippen LogP contribution in [0.25, 0.3) is 0 Å². The highest BCUT2D eigenvalue weighted by Gasteiger charge is 2.60. The Labute approximate surface area is 161 Å². The van der Waals surface area contributed by atoms with Crippen molar-refractivity contribution in [3.8, 4) is 0 Å². The van der Waals surface area contributed by atoms with Crippen LogP contribution in [0.15, 0.2) is 0 Å². The summed E-state index contributed by atoms with van der Waals surface area (Å²) in [5.41, 5.74) is 6.91. The van der Waals surface area contributed by atoms with Crippen molar-refractivity contribution in [3.63, 3.8) is 0 Å². The zero-order chi connectivity index (χ0) is 18.5. The average molecular weight is 362 g/mol. The lowest BCUT2D eigenvalue weighted by molar-refractivity contribution is -0.129. The van der Waals surface area contributed by atoms with Crippen LogP contribution in [0.3, 0.4) is 0 Å². The summed E-state index contributed by atoms with van der Waals surface area (Å²) in [6, 6.07) is 0. The van der Waals surface area contributed by atoms with Crippen molar-refractivity contribution in [2.75, 3.05) is 6.54 Å². The molecule has 4 aliphatic rings. The van der Waals surface area contributed by atoms with E-state index in [4.69, 9.17) is 5.73 Å². The molecule has 0 amide bonds. The van der Waals surface area contributed by atoms with E-state index in [2.05, 4.69) is 20.8 Å². The summed E-state index contributed by atoms with van der Waals surface area (Å²) >= 11 is 0. The van der Waals surface area contributed by atoms with Crippen LogP contribution in [0.2, 0.25) is 0 Å². The molecule has 0 radical (unpaired) electrons. The predicted molar refractivity (Wildman–Crippen MR) is 109 cm³/mol. The van der Waals surface area contributed by atoms with Gasteiger partial charge in [0.05, 0.1) is 6.10 Å². The third-order valence-corrected chi connectivity index (χ3v) is 10.3. The molecule has 0 saturated heterocycles. The molecule has 0 bridgehead atoms. The normalized spacial score (nSPS) is 52.0. The van der Waals surface area contributed by atoms with Crippen LogP contribution in [0, 0.1) is 46.3 Å². The Morgan fingerprint density at radius 1 is 0.962 bits per heavy atom. The third kappa shape index (κ3) is 2.89. The molecule has 4 aliphatic carbocycles. The van der Waals surface area contributed by atoms with Crippen molar-refractivity contribution in [3.05, 3.63) is 0 Å². The second-order valence-corrected chi connectivity index (χ2v) is 11.2. The van der Waals surface area contributed by atoms with E-state index in [1.165, 1.54) is 57.8 Å². The lowest BCUT2D eigenvalue weighted by Gasteiger charge is -2.61. The van der Waals surface area contributed by atoms with E-state index in [-0.39, 0.29) is 6.10 Å². The van der Waals surface area contributed by atoms with E-state index in [1.807, 2.05) is 0 Å².